The lowest BCUT2D eigenvalue weighted by molar-refractivity contribution is 0.0520. The molecule has 2 aromatic carbocycles. The number of pyridine rings is 1. The van der Waals surface area contributed by atoms with Crippen LogP contribution in [0, 0.1) is 11.6 Å². The van der Waals surface area contributed by atoms with Gasteiger partial charge in [0.1, 0.15) is 23.0 Å². The number of nitrogens with two attached hydrogens (primary N) is 1. The van der Waals surface area contributed by atoms with Crippen molar-refractivity contribution in [1.82, 2.24) is 14.0 Å². The number of hydrogen-bond donors (Lipinski definition) is 1. The van der Waals surface area contributed by atoms with Crippen molar-refractivity contribution in [3.63, 3.8) is 0 Å². The van der Waals surface area contributed by atoms with Crippen LogP contribution in [0.15, 0.2) is 67.0 Å². The molecule has 0 spiro atoms. The molecule has 0 atom stereocenters. The van der Waals surface area contributed by atoms with Gasteiger partial charge in [-0.2, -0.15) is 0 Å². The Labute approximate surface area is 198 Å². The molecule has 0 radical (unpaired) electrons. The van der Waals surface area contributed by atoms with E-state index in [1.165, 1.54) is 30.5 Å². The number of fused-ring (bicyclic) bond motifs is 2. The predicted octanol–water partition coefficient (Wildman–Crippen LogP) is 4.56. The number of hydrogen-bond acceptors (Lipinski definition) is 4. The third-order valence-corrected chi connectivity index (χ3v) is 5.71. The molecule has 0 aliphatic rings. The fourth-order valence-electron chi connectivity index (χ4n) is 4.30. The molecule has 9 heteroatoms. The summed E-state index contributed by atoms with van der Waals surface area (Å²) >= 11 is 0. The molecule has 176 valence electrons. The van der Waals surface area contributed by atoms with Crippen LogP contribution in [0.4, 0.5) is 8.78 Å². The maximum absolute atomic E-state index is 14.3. The number of amides is 1. The standard InChI is InChI=1S/C26H20F2N4O3/c1-2-35-26(34)20-14-31-13-16(6-9-22(31)30-20)23-19-11-18(28)7-8-21(19)32(24(23)25(29)33)12-15-4-3-5-17(27)10-15/h3-11,13-14H,2,12H2,1H3,(H2,29,33). The summed E-state index contributed by atoms with van der Waals surface area (Å²) in [6.07, 6.45) is 3.21. The first-order valence-corrected chi connectivity index (χ1v) is 10.9. The number of benzene rings is 2. The molecular weight excluding hydrogens is 454 g/mol. The highest BCUT2D eigenvalue weighted by Crippen LogP contribution is 2.36. The Kier molecular flexibility index (Phi) is 5.52. The van der Waals surface area contributed by atoms with Crippen molar-refractivity contribution in [2.24, 2.45) is 5.73 Å². The van der Waals surface area contributed by atoms with Gasteiger partial charge in [0.2, 0.25) is 0 Å². The Bertz CT molecular complexity index is 1620. The summed E-state index contributed by atoms with van der Waals surface area (Å²) in [5.41, 5.74) is 8.78. The van der Waals surface area contributed by atoms with E-state index in [1.54, 1.807) is 52.4 Å². The fourth-order valence-corrected chi connectivity index (χ4v) is 4.30. The van der Waals surface area contributed by atoms with Gasteiger partial charge in [-0.3, -0.25) is 4.79 Å². The van der Waals surface area contributed by atoms with Crippen LogP contribution in [0.3, 0.4) is 0 Å². The minimum absolute atomic E-state index is 0.138. The van der Waals surface area contributed by atoms with E-state index < -0.39 is 23.5 Å². The molecule has 7 nitrogen and oxygen atoms in total. The smallest absolute Gasteiger partial charge is 0.358 e. The summed E-state index contributed by atoms with van der Waals surface area (Å²) < 4.78 is 36.5. The molecule has 3 aromatic heterocycles. The molecule has 0 aliphatic heterocycles. The second kappa shape index (κ2) is 8.68. The summed E-state index contributed by atoms with van der Waals surface area (Å²) in [7, 11) is 0. The summed E-state index contributed by atoms with van der Waals surface area (Å²) in [6, 6.07) is 13.6. The van der Waals surface area contributed by atoms with Crippen molar-refractivity contribution in [3.8, 4) is 11.1 Å². The summed E-state index contributed by atoms with van der Waals surface area (Å²) in [6.45, 7) is 2.07. The zero-order valence-corrected chi connectivity index (χ0v) is 18.7. The Balaban J connectivity index is 1.73. The Morgan fingerprint density at radius 2 is 1.83 bits per heavy atom. The van der Waals surface area contributed by atoms with E-state index in [1.807, 2.05) is 0 Å². The van der Waals surface area contributed by atoms with Crippen LogP contribution in [0.5, 0.6) is 0 Å². The fraction of sp³-hybridized carbons (Fsp3) is 0.115. The minimum Gasteiger partial charge on any atom is -0.461 e. The van der Waals surface area contributed by atoms with E-state index in [0.29, 0.717) is 33.2 Å². The van der Waals surface area contributed by atoms with Crippen LogP contribution in [-0.4, -0.2) is 32.4 Å². The van der Waals surface area contributed by atoms with Crippen molar-refractivity contribution in [1.29, 1.82) is 0 Å². The number of halogens is 2. The van der Waals surface area contributed by atoms with Crippen molar-refractivity contribution < 1.29 is 23.1 Å². The Hall–Kier alpha value is -4.53. The van der Waals surface area contributed by atoms with Gasteiger partial charge < -0.3 is 19.4 Å². The third-order valence-electron chi connectivity index (χ3n) is 5.71. The van der Waals surface area contributed by atoms with Gasteiger partial charge >= 0.3 is 5.97 Å². The zero-order valence-electron chi connectivity index (χ0n) is 18.7. The lowest BCUT2D eigenvalue weighted by Gasteiger charge is -2.10. The van der Waals surface area contributed by atoms with Crippen LogP contribution in [0.25, 0.3) is 27.7 Å². The number of esters is 1. The summed E-state index contributed by atoms with van der Waals surface area (Å²) in [5, 5.41) is 0.472. The van der Waals surface area contributed by atoms with E-state index in [4.69, 9.17) is 10.5 Å². The number of carbonyl (C=O) groups is 2. The third kappa shape index (κ3) is 4.01. The first kappa shape index (κ1) is 22.3. The number of carbonyl (C=O) groups excluding carboxylic acids is 2. The average Bonchev–Trinajstić information content (AvgIpc) is 3.38. The van der Waals surface area contributed by atoms with Gasteiger partial charge in [-0.1, -0.05) is 12.1 Å². The molecular formula is C26H20F2N4O3. The van der Waals surface area contributed by atoms with Crippen LogP contribution in [0.2, 0.25) is 0 Å². The van der Waals surface area contributed by atoms with Crippen molar-refractivity contribution in [2.45, 2.75) is 13.5 Å². The summed E-state index contributed by atoms with van der Waals surface area (Å²) in [4.78, 5) is 29.1. The minimum atomic E-state index is -0.717. The van der Waals surface area contributed by atoms with Gasteiger partial charge in [0.05, 0.1) is 6.61 Å². The van der Waals surface area contributed by atoms with Crippen molar-refractivity contribution in [2.75, 3.05) is 6.61 Å². The van der Waals surface area contributed by atoms with Crippen molar-refractivity contribution in [3.05, 3.63) is 95.6 Å². The largest absolute Gasteiger partial charge is 0.461 e. The Morgan fingerprint density at radius 3 is 2.57 bits per heavy atom. The maximum Gasteiger partial charge on any atom is 0.358 e. The molecule has 0 aliphatic carbocycles. The van der Waals surface area contributed by atoms with E-state index in [2.05, 4.69) is 4.98 Å². The van der Waals surface area contributed by atoms with Crippen LogP contribution in [0.1, 0.15) is 33.5 Å². The molecule has 3 heterocycles. The summed E-state index contributed by atoms with van der Waals surface area (Å²) in [5.74, 6) is -2.16. The van der Waals surface area contributed by atoms with E-state index in [-0.39, 0.29) is 24.5 Å². The quantitative estimate of drug-likeness (QED) is 0.365. The Morgan fingerprint density at radius 1 is 1.03 bits per heavy atom. The number of ether oxygens (including phenoxy) is 1. The highest BCUT2D eigenvalue weighted by molar-refractivity contribution is 6.10. The number of aromatic nitrogens is 3. The van der Waals surface area contributed by atoms with Crippen LogP contribution >= 0.6 is 0 Å². The number of imidazole rings is 1. The molecule has 0 unspecified atom stereocenters. The highest BCUT2D eigenvalue weighted by atomic mass is 19.1. The molecule has 0 saturated heterocycles. The normalized spacial score (nSPS) is 11.3. The monoisotopic (exact) mass is 474 g/mol. The molecule has 0 fully saturated rings. The molecule has 5 rings (SSSR count). The number of nitrogens with zero attached hydrogens (tertiary/aromatic N) is 3. The van der Waals surface area contributed by atoms with Gasteiger partial charge in [0.15, 0.2) is 5.69 Å². The lowest BCUT2D eigenvalue weighted by atomic mass is 10.0. The molecule has 5 aromatic rings. The van der Waals surface area contributed by atoms with Crippen molar-refractivity contribution >= 4 is 28.4 Å². The molecule has 2 N–H and O–H groups in total. The highest BCUT2D eigenvalue weighted by Gasteiger charge is 2.24. The van der Waals surface area contributed by atoms with Gasteiger partial charge in [0, 0.05) is 41.0 Å². The average molecular weight is 474 g/mol. The predicted molar refractivity (Wildman–Crippen MR) is 126 cm³/mol. The maximum atomic E-state index is 14.3. The van der Waals surface area contributed by atoms with E-state index >= 15 is 0 Å². The topological polar surface area (TPSA) is 91.6 Å². The number of primary amides is 1. The van der Waals surface area contributed by atoms with Gasteiger partial charge in [-0.05, 0) is 55.0 Å². The van der Waals surface area contributed by atoms with Gasteiger partial charge in [0.25, 0.3) is 5.91 Å². The molecule has 1 amide bonds. The van der Waals surface area contributed by atoms with E-state index in [0.717, 1.165) is 0 Å². The first-order chi connectivity index (χ1) is 16.9. The lowest BCUT2D eigenvalue weighted by Crippen LogP contribution is -2.18. The van der Waals surface area contributed by atoms with Gasteiger partial charge in [-0.25, -0.2) is 18.6 Å². The van der Waals surface area contributed by atoms with Crippen LogP contribution in [-0.2, 0) is 11.3 Å². The second-order valence-electron chi connectivity index (χ2n) is 8.00. The van der Waals surface area contributed by atoms with Crippen LogP contribution < -0.4 is 5.73 Å². The molecule has 35 heavy (non-hydrogen) atoms. The first-order valence-electron chi connectivity index (χ1n) is 10.9. The van der Waals surface area contributed by atoms with Gasteiger partial charge in [-0.15, -0.1) is 0 Å². The molecule has 0 bridgehead atoms. The molecule has 0 saturated carbocycles. The number of rotatable bonds is 6. The zero-order chi connectivity index (χ0) is 24.7. The van der Waals surface area contributed by atoms with E-state index in [9.17, 15) is 18.4 Å². The SMILES string of the molecule is CCOC(=O)c1cn2cc(-c3c(C(N)=O)n(Cc4cccc(F)c4)c4ccc(F)cc34)ccc2n1. The second-order valence-corrected chi connectivity index (χ2v) is 8.00.